The fourth-order valence-corrected chi connectivity index (χ4v) is 5.28. The van der Waals surface area contributed by atoms with Gasteiger partial charge in [-0.25, -0.2) is 13.6 Å². The van der Waals surface area contributed by atoms with Crippen LogP contribution in [0.25, 0.3) is 10.9 Å². The van der Waals surface area contributed by atoms with Crippen LogP contribution in [0.2, 0.25) is 0 Å². The molecule has 1 aromatic heterocycles. The number of rotatable bonds is 4. The van der Waals surface area contributed by atoms with Gasteiger partial charge in [0.2, 0.25) is 5.43 Å². The average molecular weight is 467 g/mol. The maximum Gasteiger partial charge on any atom is 0.359 e. The number of carbonyl (C=O) groups is 1. The van der Waals surface area contributed by atoms with E-state index < -0.39 is 38.7 Å². The molecule has 172 valence electrons. The number of benzene rings is 1. The number of hydrogen-bond acceptors (Lipinski definition) is 7. The highest BCUT2D eigenvalue weighted by Gasteiger charge is 2.38. The minimum Gasteiger partial charge on any atom is -0.365 e. The Labute approximate surface area is 183 Å². The number of carbonyl (C=O) groups excluding carboxylic acids is 1. The van der Waals surface area contributed by atoms with Gasteiger partial charge in [0.25, 0.3) is 0 Å². The van der Waals surface area contributed by atoms with E-state index in [1.165, 1.54) is 4.57 Å². The number of pyridine rings is 1. The predicted molar refractivity (Wildman–Crippen MR) is 113 cm³/mol. The summed E-state index contributed by atoms with van der Waals surface area (Å²) < 4.78 is 59.5. The lowest BCUT2D eigenvalue weighted by atomic mass is 9.94. The second kappa shape index (κ2) is 7.51. The van der Waals surface area contributed by atoms with Crippen molar-refractivity contribution in [3.05, 3.63) is 39.7 Å². The highest BCUT2D eigenvalue weighted by Crippen LogP contribution is 2.40. The minimum atomic E-state index is -4.16. The second-order valence-electron chi connectivity index (χ2n) is 8.87. The quantitative estimate of drug-likeness (QED) is 0.686. The summed E-state index contributed by atoms with van der Waals surface area (Å²) in [6, 6.07) is 0.942. The van der Waals surface area contributed by atoms with Crippen LogP contribution in [0.5, 0.6) is 0 Å². The molecule has 2 atom stereocenters. The summed E-state index contributed by atoms with van der Waals surface area (Å²) in [5.41, 5.74) is -1.79. The van der Waals surface area contributed by atoms with Gasteiger partial charge in [-0.15, -0.1) is 0 Å². The fourth-order valence-electron chi connectivity index (χ4n) is 4.92. The van der Waals surface area contributed by atoms with Crippen molar-refractivity contribution in [2.45, 2.75) is 37.8 Å². The number of piperidine rings is 1. The summed E-state index contributed by atoms with van der Waals surface area (Å²) in [5, 5.41) is 3.09. The van der Waals surface area contributed by atoms with Crippen molar-refractivity contribution < 1.29 is 26.2 Å². The molecule has 2 saturated heterocycles. The first-order chi connectivity index (χ1) is 15.1. The van der Waals surface area contributed by atoms with Crippen molar-refractivity contribution in [3.8, 4) is 0 Å². The molecule has 0 spiro atoms. The summed E-state index contributed by atoms with van der Waals surface area (Å²) >= 11 is 0. The minimum absolute atomic E-state index is 0.0763. The first-order valence-electron chi connectivity index (χ1n) is 10.6. The zero-order chi connectivity index (χ0) is 22.8. The number of fused-ring (bicyclic) bond motifs is 2. The molecule has 1 N–H and O–H groups in total. The van der Waals surface area contributed by atoms with Crippen molar-refractivity contribution in [2.75, 3.05) is 30.8 Å². The van der Waals surface area contributed by atoms with Gasteiger partial charge in [0.05, 0.1) is 17.2 Å². The van der Waals surface area contributed by atoms with Gasteiger partial charge in [-0.1, -0.05) is 0 Å². The van der Waals surface area contributed by atoms with Gasteiger partial charge >= 0.3 is 16.1 Å². The van der Waals surface area contributed by atoms with Crippen molar-refractivity contribution in [1.82, 2.24) is 9.88 Å². The summed E-state index contributed by atoms with van der Waals surface area (Å²) in [7, 11) is -4.16. The summed E-state index contributed by atoms with van der Waals surface area (Å²) in [6.45, 7) is 1.87. The molecule has 11 heteroatoms. The van der Waals surface area contributed by atoms with Crippen molar-refractivity contribution in [1.29, 1.82) is 0 Å². The Morgan fingerprint density at radius 2 is 1.97 bits per heavy atom. The van der Waals surface area contributed by atoms with Crippen molar-refractivity contribution in [3.63, 3.8) is 0 Å². The van der Waals surface area contributed by atoms with E-state index in [4.69, 9.17) is 0 Å². The third kappa shape index (κ3) is 3.66. The molecule has 0 radical (unpaired) electrons. The number of nitrogens with one attached hydrogen (secondary N) is 1. The predicted octanol–water partition coefficient (Wildman–Crippen LogP) is 1.92. The van der Waals surface area contributed by atoms with Gasteiger partial charge in [0.1, 0.15) is 17.1 Å². The first-order valence-corrected chi connectivity index (χ1v) is 12.4. The highest BCUT2D eigenvalue weighted by molar-refractivity contribution is 7.86. The highest BCUT2D eigenvalue weighted by atomic mass is 32.2. The van der Waals surface area contributed by atoms with Gasteiger partial charge in [0.15, 0.2) is 5.82 Å². The van der Waals surface area contributed by atoms with Crippen LogP contribution in [0.3, 0.4) is 0 Å². The molecule has 8 nitrogen and oxygen atoms in total. The fraction of sp³-hybridized carbons (Fsp3) is 0.524. The van der Waals surface area contributed by atoms with Crippen LogP contribution < -0.4 is 15.6 Å². The largest absolute Gasteiger partial charge is 0.365 e. The lowest BCUT2D eigenvalue weighted by Gasteiger charge is -2.24. The van der Waals surface area contributed by atoms with Gasteiger partial charge in [-0.05, 0) is 44.2 Å². The number of halogens is 2. The van der Waals surface area contributed by atoms with Gasteiger partial charge < -0.3 is 19.0 Å². The zero-order valence-corrected chi connectivity index (χ0v) is 18.3. The molecule has 2 aromatic rings. The van der Waals surface area contributed by atoms with Gasteiger partial charge in [0, 0.05) is 31.4 Å². The Morgan fingerprint density at radius 3 is 2.62 bits per heavy atom. The average Bonchev–Trinajstić information content (AvgIpc) is 3.46. The van der Waals surface area contributed by atoms with E-state index in [1.54, 1.807) is 4.90 Å². The number of hydrogen-bond donors (Lipinski definition) is 1. The molecule has 3 fully saturated rings. The maximum absolute atomic E-state index is 15.8. The van der Waals surface area contributed by atoms with Gasteiger partial charge in [-0.2, -0.15) is 8.42 Å². The summed E-state index contributed by atoms with van der Waals surface area (Å²) in [6.07, 6.45) is 5.21. The Balaban J connectivity index is 1.66. The van der Waals surface area contributed by atoms with E-state index in [9.17, 15) is 18.0 Å². The molecule has 2 unspecified atom stereocenters. The van der Waals surface area contributed by atoms with E-state index in [2.05, 4.69) is 9.50 Å². The van der Waals surface area contributed by atoms with Crippen LogP contribution in [0.1, 0.15) is 42.1 Å². The molecular weight excluding hydrogens is 444 g/mol. The molecule has 3 heterocycles. The van der Waals surface area contributed by atoms with E-state index in [-0.39, 0.29) is 28.7 Å². The maximum atomic E-state index is 15.8. The van der Waals surface area contributed by atoms with Crippen LogP contribution >= 0.6 is 0 Å². The molecule has 1 aliphatic carbocycles. The number of nitrogens with zero attached hydrogens (tertiary/aromatic N) is 2. The van der Waals surface area contributed by atoms with Crippen molar-refractivity contribution >= 4 is 32.7 Å². The third-order valence-electron chi connectivity index (χ3n) is 6.49. The third-order valence-corrected chi connectivity index (χ3v) is 6.94. The van der Waals surface area contributed by atoms with Crippen LogP contribution in [-0.2, 0) is 14.3 Å². The molecule has 0 amide bonds. The lowest BCUT2D eigenvalue weighted by Crippen LogP contribution is -2.40. The number of anilines is 1. The summed E-state index contributed by atoms with van der Waals surface area (Å²) in [5.74, 6) is -2.79. The Morgan fingerprint density at radius 1 is 1.22 bits per heavy atom. The smallest absolute Gasteiger partial charge is 0.359 e. The molecular formula is C21H23F2N3O5S. The monoisotopic (exact) mass is 467 g/mol. The molecule has 1 aromatic carbocycles. The van der Waals surface area contributed by atoms with E-state index in [1.807, 2.05) is 0 Å². The molecule has 2 aliphatic heterocycles. The summed E-state index contributed by atoms with van der Waals surface area (Å²) in [4.78, 5) is 26.9. The van der Waals surface area contributed by atoms with E-state index in [0.29, 0.717) is 38.1 Å². The first kappa shape index (κ1) is 21.3. The van der Waals surface area contributed by atoms with E-state index >= 15 is 8.78 Å². The molecule has 1 saturated carbocycles. The van der Waals surface area contributed by atoms with Crippen molar-refractivity contribution in [2.24, 2.45) is 5.92 Å². The van der Waals surface area contributed by atoms with Crippen LogP contribution in [-0.4, -0.2) is 50.9 Å². The molecule has 0 bridgehead atoms. The Hall–Kier alpha value is -2.53. The number of aromatic nitrogens is 1. The SMILES string of the molecule is CS(=O)(=O)OC(=O)c1cn(C2CC2)c2c(F)c(N3CC4CCCNC4C3)c(F)cc2c1=O. The molecule has 5 rings (SSSR count). The second-order valence-corrected chi connectivity index (χ2v) is 10.4. The topological polar surface area (TPSA) is 97.7 Å². The lowest BCUT2D eigenvalue weighted by molar-refractivity contribution is 0.0746. The van der Waals surface area contributed by atoms with Crippen LogP contribution in [0.4, 0.5) is 14.5 Å². The zero-order valence-electron chi connectivity index (χ0n) is 17.4. The van der Waals surface area contributed by atoms with Crippen LogP contribution in [0, 0.1) is 17.6 Å². The van der Waals surface area contributed by atoms with E-state index in [0.717, 1.165) is 31.6 Å². The Kier molecular flexibility index (Phi) is 5.01. The molecule has 32 heavy (non-hydrogen) atoms. The van der Waals surface area contributed by atoms with Crippen LogP contribution in [0.15, 0.2) is 17.1 Å². The van der Waals surface area contributed by atoms with Gasteiger partial charge in [-0.3, -0.25) is 4.79 Å². The molecule has 3 aliphatic rings. The normalized spacial score (nSPS) is 23.4. The Bertz CT molecular complexity index is 1270. The standard InChI is InChI=1S/C21H23F2N3O5S/c1-32(29,30)31-21(28)14-9-26(12-4-5-12)18-13(20(14)27)7-15(22)19(17(18)23)25-8-11-3-2-6-24-16(11)10-25/h7,9,11-12,16,24H,2-6,8,10H2,1H3.